The van der Waals surface area contributed by atoms with Gasteiger partial charge in [0.1, 0.15) is 5.75 Å². The van der Waals surface area contributed by atoms with Crippen LogP contribution in [0.4, 0.5) is 5.69 Å². The number of carbonyl (C=O) groups excluding carboxylic acids is 2. The molecule has 0 saturated heterocycles. The van der Waals surface area contributed by atoms with Crippen LogP contribution in [0.3, 0.4) is 0 Å². The highest BCUT2D eigenvalue weighted by Gasteiger charge is 2.40. The predicted octanol–water partition coefficient (Wildman–Crippen LogP) is 2.14. The molecule has 2 aromatic heterocycles. The van der Waals surface area contributed by atoms with Gasteiger partial charge in [0.2, 0.25) is 0 Å². The first-order valence-corrected chi connectivity index (χ1v) is 8.50. The van der Waals surface area contributed by atoms with Crippen LogP contribution in [0.1, 0.15) is 37.8 Å². The molecule has 28 heavy (non-hydrogen) atoms. The molecule has 0 unspecified atom stereocenters. The van der Waals surface area contributed by atoms with E-state index in [9.17, 15) is 9.59 Å². The fourth-order valence-corrected chi connectivity index (χ4v) is 3.22. The molecule has 0 bridgehead atoms. The van der Waals surface area contributed by atoms with Gasteiger partial charge < -0.3 is 15.0 Å². The minimum atomic E-state index is -0.483. The Kier molecular flexibility index (Phi) is 4.07. The first kappa shape index (κ1) is 17.7. The van der Waals surface area contributed by atoms with Crippen molar-refractivity contribution in [3.05, 3.63) is 52.5 Å². The van der Waals surface area contributed by atoms with Crippen molar-refractivity contribution in [1.82, 2.24) is 20.0 Å². The Morgan fingerprint density at radius 2 is 1.89 bits per heavy atom. The van der Waals surface area contributed by atoms with Gasteiger partial charge in [-0.15, -0.1) is 0 Å². The summed E-state index contributed by atoms with van der Waals surface area (Å²) in [6.07, 6.45) is 0. The number of anilines is 1. The van der Waals surface area contributed by atoms with Crippen LogP contribution in [-0.4, -0.2) is 38.9 Å². The third-order valence-corrected chi connectivity index (χ3v) is 4.54. The van der Waals surface area contributed by atoms with Crippen LogP contribution < -0.4 is 10.5 Å². The number of nitrogens with zero attached hydrogens (tertiary/aromatic N) is 4. The maximum Gasteiger partial charge on any atom is 0.278 e. The number of hydrogen-bond acceptors (Lipinski definition) is 8. The predicted molar refractivity (Wildman–Crippen MR) is 98.6 cm³/mol. The highest BCUT2D eigenvalue weighted by molar-refractivity contribution is 6.24. The van der Waals surface area contributed by atoms with Gasteiger partial charge in [0.05, 0.1) is 36.2 Å². The molecule has 1 aliphatic rings. The average Bonchev–Trinajstić information content (AvgIpc) is 3.22. The van der Waals surface area contributed by atoms with Crippen LogP contribution in [0.25, 0.3) is 11.6 Å². The lowest BCUT2D eigenvalue weighted by Gasteiger charge is -2.14. The lowest BCUT2D eigenvalue weighted by molar-refractivity contribution is 0.0642. The molecule has 1 aliphatic heterocycles. The number of nitrogen functional groups attached to an aromatic ring is 1. The van der Waals surface area contributed by atoms with Crippen LogP contribution in [0.15, 0.2) is 28.8 Å². The van der Waals surface area contributed by atoms with E-state index < -0.39 is 11.8 Å². The number of benzene rings is 1. The summed E-state index contributed by atoms with van der Waals surface area (Å²) in [7, 11) is 1.55. The third kappa shape index (κ3) is 2.68. The molecule has 2 N–H and O–H groups in total. The van der Waals surface area contributed by atoms with Crippen LogP contribution in [0.5, 0.6) is 5.75 Å². The van der Waals surface area contributed by atoms with Crippen LogP contribution in [0, 0.1) is 13.8 Å². The number of imide groups is 1. The Bertz CT molecular complexity index is 1120. The molecular weight excluding hydrogens is 362 g/mol. The zero-order chi connectivity index (χ0) is 20.0. The number of carbonyl (C=O) groups is 2. The number of rotatable bonds is 4. The molecule has 9 nitrogen and oxygen atoms in total. The number of hydrogen-bond donors (Lipinski definition) is 1. The van der Waals surface area contributed by atoms with Gasteiger partial charge in [0.25, 0.3) is 17.7 Å². The van der Waals surface area contributed by atoms with E-state index in [2.05, 4.69) is 15.1 Å². The Morgan fingerprint density at radius 1 is 1.14 bits per heavy atom. The second kappa shape index (κ2) is 6.45. The monoisotopic (exact) mass is 379 g/mol. The summed E-state index contributed by atoms with van der Waals surface area (Å²) >= 11 is 0. The summed E-state index contributed by atoms with van der Waals surface area (Å²) in [6, 6.07) is 7.16. The fourth-order valence-electron chi connectivity index (χ4n) is 3.22. The van der Waals surface area contributed by atoms with E-state index in [0.29, 0.717) is 17.3 Å². The molecule has 3 aromatic rings. The van der Waals surface area contributed by atoms with Gasteiger partial charge in [-0.05, 0) is 31.5 Å². The smallest absolute Gasteiger partial charge is 0.278 e. The Morgan fingerprint density at radius 3 is 2.57 bits per heavy atom. The second-order valence-electron chi connectivity index (χ2n) is 6.40. The number of nitrogens with two attached hydrogens (primary N) is 1. The van der Waals surface area contributed by atoms with E-state index in [1.54, 1.807) is 39.2 Å². The van der Waals surface area contributed by atoms with Gasteiger partial charge >= 0.3 is 0 Å². The van der Waals surface area contributed by atoms with E-state index >= 15 is 0 Å². The number of amides is 2. The van der Waals surface area contributed by atoms with Gasteiger partial charge in [-0.3, -0.25) is 14.5 Å². The molecule has 0 atom stereocenters. The van der Waals surface area contributed by atoms with E-state index in [4.69, 9.17) is 15.0 Å². The van der Waals surface area contributed by atoms with Gasteiger partial charge in [0.15, 0.2) is 11.5 Å². The molecular formula is C19H17N5O4. The van der Waals surface area contributed by atoms with Gasteiger partial charge in [-0.25, -0.2) is 4.98 Å². The third-order valence-electron chi connectivity index (χ3n) is 4.54. The van der Waals surface area contributed by atoms with E-state index in [-0.39, 0.29) is 34.9 Å². The maximum atomic E-state index is 13.0. The Balaban J connectivity index is 1.76. The fraction of sp³-hybridized carbons (Fsp3) is 0.211. The van der Waals surface area contributed by atoms with E-state index in [1.165, 1.54) is 0 Å². The zero-order valence-electron chi connectivity index (χ0n) is 15.5. The minimum absolute atomic E-state index is 0.0516. The summed E-state index contributed by atoms with van der Waals surface area (Å²) in [5.74, 6) is 0.236. The van der Waals surface area contributed by atoms with Crippen molar-refractivity contribution in [1.29, 1.82) is 0 Å². The molecule has 9 heteroatoms. The van der Waals surface area contributed by atoms with Gasteiger partial charge in [0, 0.05) is 0 Å². The average molecular weight is 379 g/mol. The summed E-state index contributed by atoms with van der Waals surface area (Å²) in [4.78, 5) is 35.5. The molecule has 0 spiro atoms. The van der Waals surface area contributed by atoms with Crippen molar-refractivity contribution >= 4 is 17.5 Å². The first-order valence-electron chi connectivity index (χ1n) is 8.50. The van der Waals surface area contributed by atoms with Crippen LogP contribution >= 0.6 is 0 Å². The summed E-state index contributed by atoms with van der Waals surface area (Å²) in [5.41, 5.74) is 7.88. The Labute approximate surface area is 160 Å². The lowest BCUT2D eigenvalue weighted by Crippen LogP contribution is -2.29. The van der Waals surface area contributed by atoms with Crippen molar-refractivity contribution in [3.63, 3.8) is 0 Å². The van der Waals surface area contributed by atoms with Crippen LogP contribution in [0.2, 0.25) is 0 Å². The number of fused-ring (bicyclic) bond motifs is 1. The zero-order valence-corrected chi connectivity index (χ0v) is 15.5. The van der Waals surface area contributed by atoms with Gasteiger partial charge in [-0.1, -0.05) is 17.3 Å². The van der Waals surface area contributed by atoms with Crippen molar-refractivity contribution in [2.75, 3.05) is 12.8 Å². The quantitative estimate of drug-likeness (QED) is 0.684. The van der Waals surface area contributed by atoms with Crippen molar-refractivity contribution < 1.29 is 18.8 Å². The number of ether oxygens (including phenoxy) is 1. The van der Waals surface area contributed by atoms with Gasteiger partial charge in [-0.2, -0.15) is 4.98 Å². The summed E-state index contributed by atoms with van der Waals surface area (Å²) in [5, 5.41) is 3.72. The lowest BCUT2D eigenvalue weighted by atomic mass is 10.0. The Hall–Kier alpha value is -3.75. The normalized spacial score (nSPS) is 13.2. The molecule has 4 rings (SSSR count). The number of aryl methyl sites for hydroxylation is 2. The molecule has 0 fully saturated rings. The minimum Gasteiger partial charge on any atom is -0.497 e. The second-order valence-corrected chi connectivity index (χ2v) is 6.40. The standard InChI is InChI=1S/C19H17N5O4/c1-9-13-14(15(20)16(21-9)17-22-10(2)23-28-17)19(26)24(18(13)25)8-11-5-4-6-12(7-11)27-3/h4-7H,8,20H2,1-3H3. The summed E-state index contributed by atoms with van der Waals surface area (Å²) < 4.78 is 10.3. The summed E-state index contributed by atoms with van der Waals surface area (Å²) in [6.45, 7) is 3.40. The molecule has 142 valence electrons. The van der Waals surface area contributed by atoms with Crippen molar-refractivity contribution in [2.24, 2.45) is 0 Å². The SMILES string of the molecule is COc1cccc(CN2C(=O)c3c(C)nc(-c4nc(C)no4)c(N)c3C2=O)c1. The molecule has 2 amide bonds. The molecule has 0 saturated carbocycles. The van der Waals surface area contributed by atoms with E-state index in [1.807, 2.05) is 6.07 Å². The van der Waals surface area contributed by atoms with Crippen molar-refractivity contribution in [2.45, 2.75) is 20.4 Å². The molecule has 1 aromatic carbocycles. The largest absolute Gasteiger partial charge is 0.497 e. The van der Waals surface area contributed by atoms with Crippen LogP contribution in [-0.2, 0) is 6.54 Å². The maximum absolute atomic E-state index is 13.0. The molecule has 0 radical (unpaired) electrons. The van der Waals surface area contributed by atoms with Crippen molar-refractivity contribution in [3.8, 4) is 17.3 Å². The molecule has 0 aliphatic carbocycles. The molecule has 3 heterocycles. The number of methoxy groups -OCH3 is 1. The first-order chi connectivity index (χ1) is 13.4. The highest BCUT2D eigenvalue weighted by Crippen LogP contribution is 2.36. The number of aromatic nitrogens is 3. The van der Waals surface area contributed by atoms with E-state index in [0.717, 1.165) is 10.5 Å². The highest BCUT2D eigenvalue weighted by atomic mass is 16.5. The number of pyridine rings is 1. The topological polar surface area (TPSA) is 124 Å².